The Morgan fingerprint density at radius 1 is 1.17 bits per heavy atom. The van der Waals surface area contributed by atoms with E-state index in [0.717, 1.165) is 16.8 Å². The molecule has 0 spiro atoms. The number of benzene rings is 1. The predicted molar refractivity (Wildman–Crippen MR) is 86.6 cm³/mol. The normalized spacial score (nSPS) is 11.4. The van der Waals surface area contributed by atoms with Gasteiger partial charge >= 0.3 is 5.97 Å². The van der Waals surface area contributed by atoms with E-state index < -0.39 is 5.97 Å². The number of azo groups is 1. The fourth-order valence-corrected chi connectivity index (χ4v) is 2.34. The summed E-state index contributed by atoms with van der Waals surface area (Å²) in [4.78, 5) is 15.4. The molecule has 0 atom stereocenters. The Balaban J connectivity index is 2.09. The summed E-state index contributed by atoms with van der Waals surface area (Å²) >= 11 is 0. The number of imidazole rings is 1. The van der Waals surface area contributed by atoms with E-state index in [1.165, 1.54) is 0 Å². The van der Waals surface area contributed by atoms with Crippen molar-refractivity contribution < 1.29 is 9.90 Å². The Morgan fingerprint density at radius 3 is 2.78 bits per heavy atom. The average Bonchev–Trinajstić information content (AvgIpc) is 2.85. The molecule has 3 rings (SSSR count). The van der Waals surface area contributed by atoms with Crippen LogP contribution in [0.5, 0.6) is 0 Å². The molecule has 0 saturated heterocycles. The van der Waals surface area contributed by atoms with Crippen LogP contribution in [0.15, 0.2) is 52.8 Å². The molecule has 2 heterocycles. The molecule has 0 radical (unpaired) electrons. The van der Waals surface area contributed by atoms with Crippen LogP contribution in [-0.2, 0) is 11.2 Å². The first-order valence-corrected chi connectivity index (χ1v) is 7.22. The van der Waals surface area contributed by atoms with Gasteiger partial charge in [-0.25, -0.2) is 4.98 Å². The molecule has 3 aromatic rings. The Bertz CT molecular complexity index is 912. The molecule has 0 aliphatic heterocycles. The molecule has 6 nitrogen and oxygen atoms in total. The van der Waals surface area contributed by atoms with Gasteiger partial charge in [0.1, 0.15) is 5.65 Å². The zero-order valence-corrected chi connectivity index (χ0v) is 12.9. The van der Waals surface area contributed by atoms with E-state index in [0.29, 0.717) is 17.2 Å². The molecule has 0 aliphatic carbocycles. The van der Waals surface area contributed by atoms with E-state index in [2.05, 4.69) is 15.2 Å². The van der Waals surface area contributed by atoms with Crippen LogP contribution in [0, 0.1) is 13.8 Å². The van der Waals surface area contributed by atoms with Crippen molar-refractivity contribution >= 4 is 23.1 Å². The molecule has 116 valence electrons. The Morgan fingerprint density at radius 2 is 2.00 bits per heavy atom. The number of aliphatic carboxylic acids is 1. The molecule has 0 unspecified atom stereocenters. The summed E-state index contributed by atoms with van der Waals surface area (Å²) in [5, 5.41) is 17.6. The molecule has 6 heteroatoms. The lowest BCUT2D eigenvalue weighted by Gasteiger charge is -2.02. The molecular formula is C17H16N4O2. The highest BCUT2D eigenvalue weighted by molar-refractivity contribution is 5.72. The van der Waals surface area contributed by atoms with Crippen LogP contribution in [0.25, 0.3) is 5.65 Å². The summed E-state index contributed by atoms with van der Waals surface area (Å²) in [7, 11) is 0. The lowest BCUT2D eigenvalue weighted by molar-refractivity contribution is -0.136. The molecule has 2 aromatic heterocycles. The number of carbonyl (C=O) groups is 1. The van der Waals surface area contributed by atoms with Gasteiger partial charge in [0.2, 0.25) is 0 Å². The van der Waals surface area contributed by atoms with Crippen molar-refractivity contribution in [2.75, 3.05) is 0 Å². The zero-order valence-electron chi connectivity index (χ0n) is 12.9. The van der Waals surface area contributed by atoms with Gasteiger partial charge in [-0.05, 0) is 43.2 Å². The largest absolute Gasteiger partial charge is 0.481 e. The minimum absolute atomic E-state index is 0.192. The minimum Gasteiger partial charge on any atom is -0.481 e. The van der Waals surface area contributed by atoms with Crippen LogP contribution in [0.4, 0.5) is 11.5 Å². The van der Waals surface area contributed by atoms with Gasteiger partial charge in [0.25, 0.3) is 0 Å². The van der Waals surface area contributed by atoms with E-state index in [1.54, 1.807) is 10.6 Å². The average molecular weight is 308 g/mol. The van der Waals surface area contributed by atoms with E-state index in [-0.39, 0.29) is 6.42 Å². The van der Waals surface area contributed by atoms with Crippen LogP contribution in [0.2, 0.25) is 0 Å². The van der Waals surface area contributed by atoms with Gasteiger partial charge < -0.3 is 5.11 Å². The van der Waals surface area contributed by atoms with Crippen molar-refractivity contribution in [3.05, 3.63) is 59.4 Å². The number of aryl methyl sites for hydroxylation is 1. The van der Waals surface area contributed by atoms with Gasteiger partial charge in [-0.3, -0.25) is 9.20 Å². The van der Waals surface area contributed by atoms with Crippen molar-refractivity contribution in [2.24, 2.45) is 10.2 Å². The van der Waals surface area contributed by atoms with Crippen molar-refractivity contribution in [1.82, 2.24) is 9.38 Å². The maximum Gasteiger partial charge on any atom is 0.309 e. The monoisotopic (exact) mass is 308 g/mol. The number of carboxylic acids is 1. The van der Waals surface area contributed by atoms with Crippen molar-refractivity contribution in [3.8, 4) is 0 Å². The molecule has 0 fully saturated rings. The predicted octanol–water partition coefficient (Wildman–Crippen LogP) is 3.99. The zero-order chi connectivity index (χ0) is 16.4. The number of hydrogen-bond acceptors (Lipinski definition) is 4. The quantitative estimate of drug-likeness (QED) is 0.740. The molecule has 0 aliphatic rings. The van der Waals surface area contributed by atoms with Gasteiger partial charge in [-0.2, -0.15) is 0 Å². The summed E-state index contributed by atoms with van der Waals surface area (Å²) in [5.74, 6) is -0.500. The highest BCUT2D eigenvalue weighted by Crippen LogP contribution is 2.27. The van der Waals surface area contributed by atoms with Crippen molar-refractivity contribution in [2.45, 2.75) is 20.3 Å². The summed E-state index contributed by atoms with van der Waals surface area (Å²) in [6.07, 6.45) is 1.61. The van der Waals surface area contributed by atoms with Gasteiger partial charge in [-0.15, -0.1) is 10.2 Å². The molecule has 1 aromatic carbocycles. The maximum absolute atomic E-state index is 11.0. The minimum atomic E-state index is -0.948. The number of hydrogen-bond donors (Lipinski definition) is 1. The first kappa shape index (κ1) is 14.9. The molecule has 23 heavy (non-hydrogen) atoms. The van der Waals surface area contributed by atoms with Crippen LogP contribution in [0.3, 0.4) is 0 Å². The molecule has 1 N–H and O–H groups in total. The molecule has 0 amide bonds. The van der Waals surface area contributed by atoms with E-state index in [4.69, 9.17) is 5.11 Å². The van der Waals surface area contributed by atoms with E-state index in [9.17, 15) is 4.79 Å². The van der Waals surface area contributed by atoms with Crippen molar-refractivity contribution in [3.63, 3.8) is 0 Å². The molecular weight excluding hydrogens is 292 g/mol. The molecule has 0 bridgehead atoms. The number of carboxylic acid groups (broad SMARTS) is 1. The molecule has 0 saturated carbocycles. The summed E-state index contributed by atoms with van der Waals surface area (Å²) in [6, 6.07) is 11.3. The van der Waals surface area contributed by atoms with Crippen LogP contribution in [0.1, 0.15) is 16.8 Å². The van der Waals surface area contributed by atoms with Gasteiger partial charge in [0.05, 0.1) is 17.8 Å². The lowest BCUT2D eigenvalue weighted by atomic mass is 10.1. The second-order valence-corrected chi connectivity index (χ2v) is 5.30. The maximum atomic E-state index is 11.0. The third-order valence-electron chi connectivity index (χ3n) is 3.72. The standard InChI is InChI=1S/C17H16N4O2/c1-11-6-5-7-13(12(11)2)19-20-17-14(10-16(22)23)18-15-8-3-4-9-21(15)17/h3-9H,10H2,1-2H3,(H,22,23). The number of rotatable bonds is 4. The van der Waals surface area contributed by atoms with Crippen LogP contribution < -0.4 is 0 Å². The Kier molecular flexibility index (Phi) is 3.89. The first-order valence-electron chi connectivity index (χ1n) is 7.22. The fraction of sp³-hybridized carbons (Fsp3) is 0.176. The third kappa shape index (κ3) is 2.96. The smallest absolute Gasteiger partial charge is 0.309 e. The highest BCUT2D eigenvalue weighted by Gasteiger charge is 2.14. The number of pyridine rings is 1. The van der Waals surface area contributed by atoms with Crippen molar-refractivity contribution in [1.29, 1.82) is 0 Å². The second kappa shape index (κ2) is 6.00. The Labute approximate surface area is 133 Å². The Hall–Kier alpha value is -3.02. The third-order valence-corrected chi connectivity index (χ3v) is 3.72. The van der Waals surface area contributed by atoms with E-state index >= 15 is 0 Å². The topological polar surface area (TPSA) is 79.3 Å². The van der Waals surface area contributed by atoms with Gasteiger partial charge in [0.15, 0.2) is 5.82 Å². The van der Waals surface area contributed by atoms with Gasteiger partial charge in [-0.1, -0.05) is 18.2 Å². The van der Waals surface area contributed by atoms with E-state index in [1.807, 2.05) is 50.2 Å². The fourth-order valence-electron chi connectivity index (χ4n) is 2.34. The lowest BCUT2D eigenvalue weighted by Crippen LogP contribution is -2.00. The van der Waals surface area contributed by atoms with Gasteiger partial charge in [0, 0.05) is 6.20 Å². The summed E-state index contributed by atoms with van der Waals surface area (Å²) in [5.41, 5.74) is 3.99. The summed E-state index contributed by atoms with van der Waals surface area (Å²) in [6.45, 7) is 3.99. The first-order chi connectivity index (χ1) is 11.1. The number of fused-ring (bicyclic) bond motifs is 1. The van der Waals surface area contributed by atoms with Crippen LogP contribution >= 0.6 is 0 Å². The SMILES string of the molecule is Cc1cccc(N=Nc2c(CC(=O)O)nc3ccccn23)c1C. The number of aromatic nitrogens is 2. The highest BCUT2D eigenvalue weighted by atomic mass is 16.4. The summed E-state index contributed by atoms with van der Waals surface area (Å²) < 4.78 is 1.74. The number of nitrogens with zero attached hydrogens (tertiary/aromatic N) is 4. The second-order valence-electron chi connectivity index (χ2n) is 5.30. The van der Waals surface area contributed by atoms with Crippen LogP contribution in [-0.4, -0.2) is 20.5 Å².